The highest BCUT2D eigenvalue weighted by Gasteiger charge is 2.30. The number of aliphatic hydroxyl groups excluding tert-OH is 1. The molecule has 0 saturated carbocycles. The second-order valence-electron chi connectivity index (χ2n) is 8.20. The van der Waals surface area contributed by atoms with E-state index in [1.807, 2.05) is 25.4 Å². The number of aromatic nitrogens is 3. The standard InChI is InChI=1S/C21H26N6O3.ClH/c1-26-16-9-15(17(8-13(16)10-24-26)27-7-4-14(28)11-27)19-18(20(22)29)25-21(30-19)12-2-5-23-6-3-12;/h8-10,12,14,23,28H,2-7,11H2,1H3,(H2,22,29);1H. The fourth-order valence-electron chi connectivity index (χ4n) is 4.52. The molecule has 0 bridgehead atoms. The molecule has 2 aliphatic rings. The van der Waals surface area contributed by atoms with Crippen LogP contribution in [-0.2, 0) is 7.05 Å². The number of anilines is 1. The molecular formula is C21H27ClN6O3. The molecule has 1 atom stereocenters. The van der Waals surface area contributed by atoms with Crippen LogP contribution in [0.25, 0.3) is 22.2 Å². The first kappa shape index (κ1) is 21.6. The van der Waals surface area contributed by atoms with Crippen molar-refractivity contribution in [2.45, 2.75) is 31.3 Å². The number of rotatable bonds is 4. The molecule has 4 heterocycles. The molecule has 31 heavy (non-hydrogen) atoms. The van der Waals surface area contributed by atoms with Gasteiger partial charge in [-0.15, -0.1) is 12.4 Å². The lowest BCUT2D eigenvalue weighted by Crippen LogP contribution is -2.26. The van der Waals surface area contributed by atoms with Crippen molar-refractivity contribution in [3.8, 4) is 11.3 Å². The molecule has 0 radical (unpaired) electrons. The zero-order valence-corrected chi connectivity index (χ0v) is 18.2. The minimum Gasteiger partial charge on any atom is -0.439 e. The Labute approximate surface area is 186 Å². The maximum Gasteiger partial charge on any atom is 0.271 e. The number of piperidine rings is 1. The first-order valence-electron chi connectivity index (χ1n) is 10.4. The van der Waals surface area contributed by atoms with Crippen molar-refractivity contribution < 1.29 is 14.3 Å². The van der Waals surface area contributed by atoms with Crippen LogP contribution >= 0.6 is 12.4 Å². The van der Waals surface area contributed by atoms with Gasteiger partial charge >= 0.3 is 0 Å². The number of benzene rings is 1. The topological polar surface area (TPSA) is 122 Å². The van der Waals surface area contributed by atoms with Crippen molar-refractivity contribution in [3.63, 3.8) is 0 Å². The number of aliphatic hydroxyl groups is 1. The number of carbonyl (C=O) groups is 1. The van der Waals surface area contributed by atoms with Crippen molar-refractivity contribution in [2.24, 2.45) is 12.8 Å². The third kappa shape index (κ3) is 3.88. The predicted octanol–water partition coefficient (Wildman–Crippen LogP) is 1.79. The Morgan fingerprint density at radius 1 is 1.29 bits per heavy atom. The number of nitrogens with two attached hydrogens (primary N) is 1. The Kier molecular flexibility index (Phi) is 5.92. The van der Waals surface area contributed by atoms with E-state index >= 15 is 0 Å². The number of nitrogens with zero attached hydrogens (tertiary/aromatic N) is 4. The van der Waals surface area contributed by atoms with E-state index in [4.69, 9.17) is 10.2 Å². The van der Waals surface area contributed by atoms with Gasteiger partial charge in [0, 0.05) is 42.7 Å². The average molecular weight is 447 g/mol. The Morgan fingerprint density at radius 3 is 2.74 bits per heavy atom. The van der Waals surface area contributed by atoms with Crippen molar-refractivity contribution in [1.29, 1.82) is 0 Å². The van der Waals surface area contributed by atoms with E-state index < -0.39 is 5.91 Å². The third-order valence-corrected chi connectivity index (χ3v) is 6.18. The van der Waals surface area contributed by atoms with Gasteiger partial charge in [0.05, 0.1) is 17.8 Å². The summed E-state index contributed by atoms with van der Waals surface area (Å²) < 4.78 is 8.02. The number of aryl methyl sites for hydroxylation is 1. The molecule has 0 aliphatic carbocycles. The average Bonchev–Trinajstić information content (AvgIpc) is 3.46. The van der Waals surface area contributed by atoms with Gasteiger partial charge in [-0.3, -0.25) is 9.48 Å². The van der Waals surface area contributed by atoms with Crippen LogP contribution in [0, 0.1) is 0 Å². The fourth-order valence-corrected chi connectivity index (χ4v) is 4.52. The second kappa shape index (κ2) is 8.49. The van der Waals surface area contributed by atoms with Crippen LogP contribution in [0.1, 0.15) is 41.6 Å². The van der Waals surface area contributed by atoms with Gasteiger partial charge in [0.2, 0.25) is 0 Å². The van der Waals surface area contributed by atoms with Gasteiger partial charge in [0.25, 0.3) is 5.91 Å². The van der Waals surface area contributed by atoms with Crippen LogP contribution in [0.3, 0.4) is 0 Å². The SMILES string of the molecule is Cl.Cn1ncc2cc(N3CCC(O)C3)c(-c3oc(C4CCNCC4)nc3C(N)=O)cc21. The number of oxazole rings is 1. The van der Waals surface area contributed by atoms with Crippen LogP contribution in [-0.4, -0.2) is 58.1 Å². The smallest absolute Gasteiger partial charge is 0.271 e. The van der Waals surface area contributed by atoms with E-state index in [0.717, 1.165) is 54.6 Å². The molecule has 1 aromatic carbocycles. The molecule has 10 heteroatoms. The zero-order valence-electron chi connectivity index (χ0n) is 17.4. The molecule has 166 valence electrons. The Bertz CT molecular complexity index is 1100. The summed E-state index contributed by atoms with van der Waals surface area (Å²) in [6, 6.07) is 4.01. The summed E-state index contributed by atoms with van der Waals surface area (Å²) in [4.78, 5) is 18.9. The first-order chi connectivity index (χ1) is 14.5. The lowest BCUT2D eigenvalue weighted by molar-refractivity contribution is 0.0996. The summed E-state index contributed by atoms with van der Waals surface area (Å²) in [5.41, 5.74) is 8.42. The van der Waals surface area contributed by atoms with Gasteiger partial charge < -0.3 is 25.5 Å². The van der Waals surface area contributed by atoms with Crippen LogP contribution in [0.5, 0.6) is 0 Å². The maximum atomic E-state index is 12.3. The minimum absolute atomic E-state index is 0. The van der Waals surface area contributed by atoms with Gasteiger partial charge in [0.15, 0.2) is 17.3 Å². The highest BCUT2D eigenvalue weighted by atomic mass is 35.5. The Hall–Kier alpha value is -2.62. The molecule has 2 saturated heterocycles. The second-order valence-corrected chi connectivity index (χ2v) is 8.20. The third-order valence-electron chi connectivity index (χ3n) is 6.18. The number of halogens is 1. The van der Waals surface area contributed by atoms with Crippen LogP contribution in [0.4, 0.5) is 5.69 Å². The van der Waals surface area contributed by atoms with Crippen LogP contribution in [0.15, 0.2) is 22.7 Å². The van der Waals surface area contributed by atoms with E-state index in [1.54, 1.807) is 4.68 Å². The number of hydrogen-bond donors (Lipinski definition) is 3. The van der Waals surface area contributed by atoms with Gasteiger partial charge in [-0.25, -0.2) is 4.98 Å². The number of nitrogens with one attached hydrogen (secondary N) is 1. The van der Waals surface area contributed by atoms with E-state index in [0.29, 0.717) is 24.6 Å². The first-order valence-corrected chi connectivity index (χ1v) is 10.4. The monoisotopic (exact) mass is 446 g/mol. The zero-order chi connectivity index (χ0) is 20.8. The molecule has 2 aliphatic heterocycles. The predicted molar refractivity (Wildman–Crippen MR) is 120 cm³/mol. The summed E-state index contributed by atoms with van der Waals surface area (Å²) >= 11 is 0. The van der Waals surface area contributed by atoms with Gasteiger partial charge in [-0.1, -0.05) is 0 Å². The van der Waals surface area contributed by atoms with Crippen molar-refractivity contribution >= 4 is 34.9 Å². The van der Waals surface area contributed by atoms with Crippen molar-refractivity contribution in [2.75, 3.05) is 31.1 Å². The summed E-state index contributed by atoms with van der Waals surface area (Å²) in [7, 11) is 1.88. The highest BCUT2D eigenvalue weighted by molar-refractivity contribution is 6.00. The van der Waals surface area contributed by atoms with E-state index in [1.165, 1.54) is 0 Å². The van der Waals surface area contributed by atoms with Crippen LogP contribution in [0.2, 0.25) is 0 Å². The van der Waals surface area contributed by atoms with E-state index in [2.05, 4.69) is 20.3 Å². The molecule has 4 N–H and O–H groups in total. The number of fused-ring (bicyclic) bond motifs is 1. The summed E-state index contributed by atoms with van der Waals surface area (Å²) in [6.45, 7) is 3.04. The van der Waals surface area contributed by atoms with E-state index in [-0.39, 0.29) is 30.1 Å². The lowest BCUT2D eigenvalue weighted by Gasteiger charge is -2.21. The lowest BCUT2D eigenvalue weighted by atomic mass is 9.98. The van der Waals surface area contributed by atoms with Crippen LogP contribution < -0.4 is 16.0 Å². The van der Waals surface area contributed by atoms with Gasteiger partial charge in [0.1, 0.15) is 0 Å². The number of hydrogen-bond acceptors (Lipinski definition) is 7. The summed E-state index contributed by atoms with van der Waals surface area (Å²) in [5, 5.41) is 18.8. The van der Waals surface area contributed by atoms with Gasteiger partial charge in [-0.2, -0.15) is 5.10 Å². The molecule has 0 spiro atoms. The summed E-state index contributed by atoms with van der Waals surface area (Å²) in [5.74, 6) is 0.523. The minimum atomic E-state index is -0.605. The fraction of sp³-hybridized carbons (Fsp3) is 0.476. The molecule has 2 fully saturated rings. The molecule has 2 aromatic heterocycles. The molecule has 1 amide bonds. The largest absolute Gasteiger partial charge is 0.439 e. The Balaban J connectivity index is 0.00000231. The normalized spacial score (nSPS) is 19.7. The van der Waals surface area contributed by atoms with Crippen molar-refractivity contribution in [3.05, 3.63) is 29.9 Å². The van der Waals surface area contributed by atoms with Gasteiger partial charge in [-0.05, 0) is 44.5 Å². The number of amides is 1. The molecular weight excluding hydrogens is 420 g/mol. The molecule has 1 unspecified atom stereocenters. The maximum absolute atomic E-state index is 12.3. The molecule has 9 nitrogen and oxygen atoms in total. The number of β-amino-alcohol motifs (C(OH)–C–C–N with tert-alkyl or cyclic N) is 1. The molecule has 5 rings (SSSR count). The highest BCUT2D eigenvalue weighted by Crippen LogP contribution is 2.40. The number of carbonyl (C=O) groups excluding carboxylic acids is 1. The number of primary amides is 1. The Morgan fingerprint density at radius 2 is 2.06 bits per heavy atom. The quantitative estimate of drug-likeness (QED) is 0.558. The summed E-state index contributed by atoms with van der Waals surface area (Å²) in [6.07, 6.45) is 3.95. The van der Waals surface area contributed by atoms with E-state index in [9.17, 15) is 9.90 Å². The van der Waals surface area contributed by atoms with Crippen molar-refractivity contribution in [1.82, 2.24) is 20.1 Å². The molecule has 3 aromatic rings.